The number of pyridine rings is 1. The maximum atomic E-state index is 12.7. The molecule has 7 nitrogen and oxygen atoms in total. The number of ketones is 1. The Morgan fingerprint density at radius 2 is 1.74 bits per heavy atom. The van der Waals surface area contributed by atoms with Crippen LogP contribution in [0.25, 0.3) is 0 Å². The minimum absolute atomic E-state index is 0.0660. The van der Waals surface area contributed by atoms with Crippen LogP contribution in [0.4, 0.5) is 5.82 Å². The van der Waals surface area contributed by atoms with Crippen LogP contribution in [0, 0.1) is 13.8 Å². The van der Waals surface area contributed by atoms with Crippen LogP contribution in [0.3, 0.4) is 0 Å². The molecule has 0 unspecified atom stereocenters. The second-order valence-electron chi connectivity index (χ2n) is 8.32. The molecule has 0 aliphatic heterocycles. The topological polar surface area (TPSA) is 103 Å². The van der Waals surface area contributed by atoms with Gasteiger partial charge in [-0.2, -0.15) is 5.10 Å². The molecule has 0 aliphatic carbocycles. The second-order valence-corrected chi connectivity index (χ2v) is 8.32. The van der Waals surface area contributed by atoms with Crippen molar-refractivity contribution in [3.8, 4) is 0 Å². The third kappa shape index (κ3) is 5.56. The van der Waals surface area contributed by atoms with E-state index in [1.54, 1.807) is 23.1 Å². The van der Waals surface area contributed by atoms with E-state index in [0.717, 1.165) is 27.9 Å². The zero-order valence-electron chi connectivity index (χ0n) is 19.3. The number of hydrogen-bond acceptors (Lipinski definition) is 5. The van der Waals surface area contributed by atoms with E-state index in [1.807, 2.05) is 68.4 Å². The standard InChI is InChI=1S/C27H27N5O2/c1-18-11-26(28)31-19(2)24(18)15-29-27(34)23-14-30-32(17-23)16-21-9-6-10-22(12-21)25(33)13-20-7-4-3-5-8-20/h3-12,14,17H,13,15-16H2,1-2H3,(H2,28,31)(H,29,34). The molecular weight excluding hydrogens is 426 g/mol. The first-order valence-corrected chi connectivity index (χ1v) is 11.1. The van der Waals surface area contributed by atoms with E-state index in [-0.39, 0.29) is 11.7 Å². The predicted octanol–water partition coefficient (Wildman–Crippen LogP) is 3.88. The quantitative estimate of drug-likeness (QED) is 0.394. The van der Waals surface area contributed by atoms with Crippen molar-refractivity contribution in [1.29, 1.82) is 0 Å². The SMILES string of the molecule is Cc1cc(N)nc(C)c1CNC(=O)c1cnn(Cc2cccc(C(=O)Cc3ccccc3)c2)c1. The molecule has 2 aromatic carbocycles. The molecule has 0 aliphatic rings. The monoisotopic (exact) mass is 453 g/mol. The summed E-state index contributed by atoms with van der Waals surface area (Å²) >= 11 is 0. The molecule has 2 aromatic heterocycles. The first-order valence-electron chi connectivity index (χ1n) is 11.1. The van der Waals surface area contributed by atoms with Crippen LogP contribution >= 0.6 is 0 Å². The molecule has 0 saturated heterocycles. The number of benzene rings is 2. The van der Waals surface area contributed by atoms with Crippen molar-refractivity contribution in [2.45, 2.75) is 33.4 Å². The zero-order valence-corrected chi connectivity index (χ0v) is 19.3. The molecule has 0 bridgehead atoms. The first-order chi connectivity index (χ1) is 16.4. The second kappa shape index (κ2) is 10.1. The van der Waals surface area contributed by atoms with Crippen LogP contribution in [0.1, 0.15) is 48.7 Å². The third-order valence-corrected chi connectivity index (χ3v) is 5.70. The molecule has 0 fully saturated rings. The van der Waals surface area contributed by atoms with Gasteiger partial charge in [0.25, 0.3) is 5.91 Å². The number of rotatable bonds is 8. The maximum absolute atomic E-state index is 12.7. The lowest BCUT2D eigenvalue weighted by atomic mass is 10.0. The average Bonchev–Trinajstić information content (AvgIpc) is 3.27. The van der Waals surface area contributed by atoms with Crippen LogP contribution in [0.2, 0.25) is 0 Å². The Bertz CT molecular complexity index is 1300. The van der Waals surface area contributed by atoms with Crippen LogP contribution in [-0.2, 0) is 19.5 Å². The summed E-state index contributed by atoms with van der Waals surface area (Å²) in [7, 11) is 0. The third-order valence-electron chi connectivity index (χ3n) is 5.70. The summed E-state index contributed by atoms with van der Waals surface area (Å²) in [6.45, 7) is 4.64. The van der Waals surface area contributed by atoms with Crippen molar-refractivity contribution in [3.63, 3.8) is 0 Å². The predicted molar refractivity (Wildman–Crippen MR) is 132 cm³/mol. The first kappa shape index (κ1) is 22.9. The number of nitrogens with zero attached hydrogens (tertiary/aromatic N) is 3. The lowest BCUT2D eigenvalue weighted by Crippen LogP contribution is -2.23. The number of nitrogens with two attached hydrogens (primary N) is 1. The minimum Gasteiger partial charge on any atom is -0.384 e. The van der Waals surface area contributed by atoms with Crippen LogP contribution in [-0.4, -0.2) is 26.5 Å². The lowest BCUT2D eigenvalue weighted by Gasteiger charge is -2.11. The Balaban J connectivity index is 1.38. The van der Waals surface area contributed by atoms with Gasteiger partial charge in [0, 0.05) is 30.4 Å². The molecule has 0 radical (unpaired) electrons. The number of aryl methyl sites for hydroxylation is 2. The van der Waals surface area contributed by atoms with Crippen LogP contribution in [0.15, 0.2) is 73.1 Å². The Kier molecular flexibility index (Phi) is 6.82. The Hall–Kier alpha value is -4.26. The highest BCUT2D eigenvalue weighted by Crippen LogP contribution is 2.15. The smallest absolute Gasteiger partial charge is 0.254 e. The van der Waals surface area contributed by atoms with E-state index in [1.165, 1.54) is 0 Å². The molecule has 7 heteroatoms. The van der Waals surface area contributed by atoms with Gasteiger partial charge in [-0.15, -0.1) is 0 Å². The largest absolute Gasteiger partial charge is 0.384 e. The molecule has 0 spiro atoms. The zero-order chi connectivity index (χ0) is 24.1. The van der Waals surface area contributed by atoms with Gasteiger partial charge >= 0.3 is 0 Å². The Morgan fingerprint density at radius 1 is 0.971 bits per heavy atom. The molecule has 2 heterocycles. The van der Waals surface area contributed by atoms with Crippen molar-refractivity contribution >= 4 is 17.5 Å². The van der Waals surface area contributed by atoms with Gasteiger partial charge in [-0.3, -0.25) is 14.3 Å². The Morgan fingerprint density at radius 3 is 2.50 bits per heavy atom. The fourth-order valence-corrected chi connectivity index (χ4v) is 3.91. The number of Topliss-reactive ketones (excluding diaryl/α,β-unsaturated/α-hetero) is 1. The van der Waals surface area contributed by atoms with Crippen molar-refractivity contribution in [3.05, 3.63) is 112 Å². The number of hydrogen-bond donors (Lipinski definition) is 2. The van der Waals surface area contributed by atoms with E-state index in [4.69, 9.17) is 5.73 Å². The average molecular weight is 454 g/mol. The van der Waals surface area contributed by atoms with Gasteiger partial charge in [-0.05, 0) is 48.2 Å². The fourth-order valence-electron chi connectivity index (χ4n) is 3.91. The summed E-state index contributed by atoms with van der Waals surface area (Å²) in [5.41, 5.74) is 11.6. The summed E-state index contributed by atoms with van der Waals surface area (Å²) in [5.74, 6) is 0.321. The number of aromatic nitrogens is 3. The number of amides is 1. The number of nitrogen functional groups attached to an aromatic ring is 1. The number of nitrogens with one attached hydrogen (secondary N) is 1. The number of carbonyl (C=O) groups excluding carboxylic acids is 2. The minimum atomic E-state index is -0.214. The van der Waals surface area contributed by atoms with Crippen LogP contribution in [0.5, 0.6) is 0 Å². The molecule has 1 amide bonds. The molecule has 0 atom stereocenters. The van der Waals surface area contributed by atoms with Gasteiger partial charge in [0.05, 0.1) is 18.3 Å². The van der Waals surface area contributed by atoms with E-state index in [0.29, 0.717) is 36.5 Å². The van der Waals surface area contributed by atoms with Crippen molar-refractivity contribution in [1.82, 2.24) is 20.1 Å². The van der Waals surface area contributed by atoms with Gasteiger partial charge in [0.15, 0.2) is 5.78 Å². The van der Waals surface area contributed by atoms with Crippen molar-refractivity contribution in [2.24, 2.45) is 0 Å². The molecule has 3 N–H and O–H groups in total. The van der Waals surface area contributed by atoms with Crippen LogP contribution < -0.4 is 11.1 Å². The summed E-state index contributed by atoms with van der Waals surface area (Å²) in [4.78, 5) is 29.6. The van der Waals surface area contributed by atoms with Gasteiger partial charge in [-0.1, -0.05) is 48.5 Å². The van der Waals surface area contributed by atoms with Gasteiger partial charge < -0.3 is 11.1 Å². The molecule has 4 rings (SSSR count). The summed E-state index contributed by atoms with van der Waals surface area (Å²) in [6.07, 6.45) is 3.61. The highest BCUT2D eigenvalue weighted by Gasteiger charge is 2.12. The lowest BCUT2D eigenvalue weighted by molar-refractivity contribution is 0.0949. The summed E-state index contributed by atoms with van der Waals surface area (Å²) < 4.78 is 1.69. The van der Waals surface area contributed by atoms with E-state index >= 15 is 0 Å². The molecule has 172 valence electrons. The van der Waals surface area contributed by atoms with Gasteiger partial charge in [0.1, 0.15) is 5.82 Å². The highest BCUT2D eigenvalue weighted by atomic mass is 16.1. The number of anilines is 1. The van der Waals surface area contributed by atoms with Crippen molar-refractivity contribution in [2.75, 3.05) is 5.73 Å². The van der Waals surface area contributed by atoms with E-state index in [9.17, 15) is 9.59 Å². The fraction of sp³-hybridized carbons (Fsp3) is 0.185. The summed E-state index contributed by atoms with van der Waals surface area (Å²) in [5, 5.41) is 7.24. The Labute approximate surface area is 198 Å². The van der Waals surface area contributed by atoms with Gasteiger partial charge in [0.2, 0.25) is 0 Å². The molecule has 0 saturated carbocycles. The van der Waals surface area contributed by atoms with Gasteiger partial charge in [-0.25, -0.2) is 4.98 Å². The highest BCUT2D eigenvalue weighted by molar-refractivity contribution is 5.97. The molecular formula is C27H27N5O2. The normalized spacial score (nSPS) is 10.8. The van der Waals surface area contributed by atoms with E-state index in [2.05, 4.69) is 15.4 Å². The van der Waals surface area contributed by atoms with Crippen molar-refractivity contribution < 1.29 is 9.59 Å². The maximum Gasteiger partial charge on any atom is 0.254 e. The van der Waals surface area contributed by atoms with E-state index < -0.39 is 0 Å². The molecule has 34 heavy (non-hydrogen) atoms. The summed E-state index contributed by atoms with van der Waals surface area (Å²) in [6, 6.07) is 19.0. The number of carbonyl (C=O) groups is 2. The molecule has 4 aromatic rings.